The molecule has 0 saturated heterocycles. The SMILES string of the molecule is Cn1cnnc1CCNc1ccc(C(=O)OC(C)(C)C)cc1. The van der Waals surface area contributed by atoms with Crippen LogP contribution in [0, 0.1) is 0 Å². The van der Waals surface area contributed by atoms with E-state index in [2.05, 4.69) is 15.5 Å². The minimum Gasteiger partial charge on any atom is -0.456 e. The van der Waals surface area contributed by atoms with E-state index in [9.17, 15) is 4.79 Å². The molecule has 0 saturated carbocycles. The molecule has 6 heteroatoms. The summed E-state index contributed by atoms with van der Waals surface area (Å²) in [6.07, 6.45) is 2.47. The summed E-state index contributed by atoms with van der Waals surface area (Å²) in [7, 11) is 1.92. The summed E-state index contributed by atoms with van der Waals surface area (Å²) in [6.45, 7) is 6.31. The molecule has 1 aromatic heterocycles. The van der Waals surface area contributed by atoms with Crippen molar-refractivity contribution >= 4 is 11.7 Å². The molecule has 1 N–H and O–H groups in total. The van der Waals surface area contributed by atoms with E-state index in [1.54, 1.807) is 18.5 Å². The zero-order chi connectivity index (χ0) is 16.2. The molecule has 0 aliphatic rings. The lowest BCUT2D eigenvalue weighted by atomic mass is 10.1. The molecule has 0 radical (unpaired) electrons. The van der Waals surface area contributed by atoms with E-state index in [0.717, 1.165) is 24.5 Å². The molecule has 6 nitrogen and oxygen atoms in total. The highest BCUT2D eigenvalue weighted by atomic mass is 16.6. The summed E-state index contributed by atoms with van der Waals surface area (Å²) in [4.78, 5) is 11.9. The second kappa shape index (κ2) is 6.60. The first kappa shape index (κ1) is 16.0. The molecular formula is C16H22N4O2. The Morgan fingerprint density at radius 1 is 1.27 bits per heavy atom. The molecule has 1 aromatic carbocycles. The van der Waals surface area contributed by atoms with Gasteiger partial charge in [-0.05, 0) is 45.0 Å². The molecule has 0 aliphatic carbocycles. The highest BCUT2D eigenvalue weighted by molar-refractivity contribution is 5.90. The van der Waals surface area contributed by atoms with Gasteiger partial charge in [0.25, 0.3) is 0 Å². The fourth-order valence-electron chi connectivity index (χ4n) is 1.91. The number of anilines is 1. The second-order valence-corrected chi connectivity index (χ2v) is 6.11. The molecule has 0 bridgehead atoms. The van der Waals surface area contributed by atoms with Crippen LogP contribution < -0.4 is 5.32 Å². The monoisotopic (exact) mass is 302 g/mol. The standard InChI is InChI=1S/C16H22N4O2/c1-16(2,3)22-15(21)12-5-7-13(8-6-12)17-10-9-14-19-18-11-20(14)4/h5-8,11,17H,9-10H2,1-4H3. The molecule has 2 rings (SSSR count). The third-order valence-corrected chi connectivity index (χ3v) is 3.00. The lowest BCUT2D eigenvalue weighted by Gasteiger charge is -2.19. The van der Waals surface area contributed by atoms with Gasteiger partial charge in [0.1, 0.15) is 17.8 Å². The zero-order valence-corrected chi connectivity index (χ0v) is 13.5. The van der Waals surface area contributed by atoms with Gasteiger partial charge in [0.15, 0.2) is 0 Å². The van der Waals surface area contributed by atoms with Crippen molar-refractivity contribution in [3.05, 3.63) is 42.0 Å². The van der Waals surface area contributed by atoms with Gasteiger partial charge < -0.3 is 14.6 Å². The number of hydrogen-bond donors (Lipinski definition) is 1. The quantitative estimate of drug-likeness (QED) is 0.859. The number of aromatic nitrogens is 3. The predicted molar refractivity (Wildman–Crippen MR) is 84.8 cm³/mol. The van der Waals surface area contributed by atoms with Gasteiger partial charge >= 0.3 is 5.97 Å². The number of esters is 1. The van der Waals surface area contributed by atoms with Crippen molar-refractivity contribution in [3.8, 4) is 0 Å². The molecule has 1 heterocycles. The second-order valence-electron chi connectivity index (χ2n) is 6.11. The van der Waals surface area contributed by atoms with Crippen LogP contribution in [0.25, 0.3) is 0 Å². The van der Waals surface area contributed by atoms with E-state index in [4.69, 9.17) is 4.74 Å². The van der Waals surface area contributed by atoms with Gasteiger partial charge in [-0.2, -0.15) is 0 Å². The van der Waals surface area contributed by atoms with Gasteiger partial charge in [-0.1, -0.05) is 0 Å². The Kier molecular flexibility index (Phi) is 4.80. The Hall–Kier alpha value is -2.37. The fraction of sp³-hybridized carbons (Fsp3) is 0.438. The van der Waals surface area contributed by atoms with Crippen molar-refractivity contribution in [2.75, 3.05) is 11.9 Å². The first-order valence-electron chi connectivity index (χ1n) is 7.25. The van der Waals surface area contributed by atoms with Gasteiger partial charge in [-0.3, -0.25) is 0 Å². The Bertz CT molecular complexity index is 626. The molecule has 0 fully saturated rings. The van der Waals surface area contributed by atoms with Crippen LogP contribution in [0.1, 0.15) is 37.0 Å². The summed E-state index contributed by atoms with van der Waals surface area (Å²) in [5, 5.41) is 11.2. The number of rotatable bonds is 5. The number of nitrogens with zero attached hydrogens (tertiary/aromatic N) is 3. The average Bonchev–Trinajstić information content (AvgIpc) is 2.83. The Balaban J connectivity index is 1.87. The third-order valence-electron chi connectivity index (χ3n) is 3.00. The lowest BCUT2D eigenvalue weighted by Crippen LogP contribution is -2.23. The summed E-state index contributed by atoms with van der Waals surface area (Å²) < 4.78 is 7.23. The van der Waals surface area contributed by atoms with Crippen molar-refractivity contribution in [1.82, 2.24) is 14.8 Å². The van der Waals surface area contributed by atoms with Crippen molar-refractivity contribution in [3.63, 3.8) is 0 Å². The summed E-state index contributed by atoms with van der Waals surface area (Å²) in [5.74, 6) is 0.621. The van der Waals surface area contributed by atoms with Gasteiger partial charge in [0.05, 0.1) is 5.56 Å². The number of carbonyl (C=O) groups excluding carboxylic acids is 1. The van der Waals surface area contributed by atoms with Crippen molar-refractivity contribution in [1.29, 1.82) is 0 Å². The maximum atomic E-state index is 11.9. The Morgan fingerprint density at radius 3 is 2.50 bits per heavy atom. The summed E-state index contributed by atoms with van der Waals surface area (Å²) >= 11 is 0. The van der Waals surface area contributed by atoms with E-state index in [1.807, 2.05) is 44.5 Å². The first-order chi connectivity index (χ1) is 10.3. The van der Waals surface area contributed by atoms with Crippen LogP contribution in [0.5, 0.6) is 0 Å². The van der Waals surface area contributed by atoms with Crippen LogP contribution in [-0.4, -0.2) is 32.9 Å². The van der Waals surface area contributed by atoms with Crippen LogP contribution in [-0.2, 0) is 18.2 Å². The van der Waals surface area contributed by atoms with Gasteiger partial charge in [0.2, 0.25) is 0 Å². The van der Waals surface area contributed by atoms with Gasteiger partial charge in [0, 0.05) is 25.7 Å². The van der Waals surface area contributed by atoms with Crippen molar-refractivity contribution < 1.29 is 9.53 Å². The Morgan fingerprint density at radius 2 is 1.95 bits per heavy atom. The zero-order valence-electron chi connectivity index (χ0n) is 13.5. The first-order valence-corrected chi connectivity index (χ1v) is 7.25. The predicted octanol–water partition coefficient (Wildman–Crippen LogP) is 2.43. The van der Waals surface area contributed by atoms with Crippen LogP contribution in [0.3, 0.4) is 0 Å². The molecular weight excluding hydrogens is 280 g/mol. The molecule has 0 aliphatic heterocycles. The minimum absolute atomic E-state index is 0.307. The molecule has 0 spiro atoms. The maximum Gasteiger partial charge on any atom is 0.338 e. The number of nitrogens with one attached hydrogen (secondary N) is 1. The normalized spacial score (nSPS) is 11.3. The molecule has 22 heavy (non-hydrogen) atoms. The summed E-state index contributed by atoms with van der Waals surface area (Å²) in [6, 6.07) is 7.27. The van der Waals surface area contributed by atoms with E-state index in [-0.39, 0.29) is 5.97 Å². The number of carbonyl (C=O) groups is 1. The number of hydrogen-bond acceptors (Lipinski definition) is 5. The molecule has 0 atom stereocenters. The Labute approximate surface area is 130 Å². The van der Waals surface area contributed by atoms with E-state index >= 15 is 0 Å². The van der Waals surface area contributed by atoms with Crippen LogP contribution in [0.4, 0.5) is 5.69 Å². The van der Waals surface area contributed by atoms with Crippen LogP contribution >= 0.6 is 0 Å². The van der Waals surface area contributed by atoms with E-state index in [0.29, 0.717) is 5.56 Å². The number of ether oxygens (including phenoxy) is 1. The highest BCUT2D eigenvalue weighted by Crippen LogP contribution is 2.14. The number of aryl methyl sites for hydroxylation is 1. The van der Waals surface area contributed by atoms with E-state index in [1.165, 1.54) is 0 Å². The largest absolute Gasteiger partial charge is 0.456 e. The summed E-state index contributed by atoms with van der Waals surface area (Å²) in [5.41, 5.74) is 1.02. The van der Waals surface area contributed by atoms with Crippen LogP contribution in [0.15, 0.2) is 30.6 Å². The molecule has 0 amide bonds. The topological polar surface area (TPSA) is 69.0 Å². The minimum atomic E-state index is -0.482. The fourth-order valence-corrected chi connectivity index (χ4v) is 1.91. The third kappa shape index (κ3) is 4.58. The number of benzene rings is 1. The van der Waals surface area contributed by atoms with E-state index < -0.39 is 5.60 Å². The lowest BCUT2D eigenvalue weighted by molar-refractivity contribution is 0.00696. The maximum absolute atomic E-state index is 11.9. The molecule has 2 aromatic rings. The smallest absolute Gasteiger partial charge is 0.338 e. The molecule has 0 unspecified atom stereocenters. The van der Waals surface area contributed by atoms with Crippen molar-refractivity contribution in [2.45, 2.75) is 32.8 Å². The van der Waals surface area contributed by atoms with Gasteiger partial charge in [-0.25, -0.2) is 4.79 Å². The average molecular weight is 302 g/mol. The van der Waals surface area contributed by atoms with Gasteiger partial charge in [-0.15, -0.1) is 10.2 Å². The van der Waals surface area contributed by atoms with Crippen LogP contribution in [0.2, 0.25) is 0 Å². The highest BCUT2D eigenvalue weighted by Gasteiger charge is 2.17. The van der Waals surface area contributed by atoms with Crippen molar-refractivity contribution in [2.24, 2.45) is 7.05 Å². The molecule has 118 valence electrons.